The van der Waals surface area contributed by atoms with Crippen molar-refractivity contribution in [3.8, 4) is 0 Å². The Labute approximate surface area is 160 Å². The van der Waals surface area contributed by atoms with Crippen molar-refractivity contribution in [1.82, 2.24) is 0 Å². The lowest BCUT2D eigenvalue weighted by Gasteiger charge is -2.52. The number of nitrogens with one attached hydrogen (secondary N) is 1. The van der Waals surface area contributed by atoms with Crippen LogP contribution >= 0.6 is 23.4 Å². The summed E-state index contributed by atoms with van der Waals surface area (Å²) in [6.45, 7) is 7.23. The molecule has 3 atom stereocenters. The lowest BCUT2D eigenvalue weighted by molar-refractivity contribution is 0.186. The predicted molar refractivity (Wildman–Crippen MR) is 110 cm³/mol. The van der Waals surface area contributed by atoms with Crippen LogP contribution in [-0.4, -0.2) is 10.8 Å². The van der Waals surface area contributed by atoms with Gasteiger partial charge in [-0.05, 0) is 66.5 Å². The minimum atomic E-state index is 0.162. The van der Waals surface area contributed by atoms with Gasteiger partial charge in [0.05, 0.1) is 0 Å². The molecule has 1 saturated carbocycles. The van der Waals surface area contributed by atoms with Gasteiger partial charge in [-0.25, -0.2) is 0 Å². The zero-order valence-corrected chi connectivity index (χ0v) is 16.8. The van der Waals surface area contributed by atoms with Gasteiger partial charge in [0.1, 0.15) is 0 Å². The summed E-state index contributed by atoms with van der Waals surface area (Å²) in [4.78, 5) is 1.38. The molecule has 0 saturated heterocycles. The Balaban J connectivity index is 1.61. The molecule has 0 unspecified atom stereocenters. The van der Waals surface area contributed by atoms with E-state index in [1.807, 2.05) is 17.8 Å². The number of halogens is 1. The van der Waals surface area contributed by atoms with Crippen LogP contribution in [0.3, 0.4) is 0 Å². The molecular formula is C22H26ClNS. The number of fused-ring (bicyclic) bond motifs is 2. The summed E-state index contributed by atoms with van der Waals surface area (Å²) < 4.78 is 0.287. The monoisotopic (exact) mass is 371 g/mol. The molecule has 4 rings (SSSR count). The summed E-state index contributed by atoms with van der Waals surface area (Å²) in [5, 5.41) is 4.69. The van der Waals surface area contributed by atoms with E-state index in [-0.39, 0.29) is 10.2 Å². The Morgan fingerprint density at radius 1 is 1.08 bits per heavy atom. The van der Waals surface area contributed by atoms with Crippen molar-refractivity contribution in [3.63, 3.8) is 0 Å². The third kappa shape index (κ3) is 3.19. The molecule has 2 aromatic carbocycles. The molecule has 0 amide bonds. The molecule has 3 heteroatoms. The molecule has 0 aromatic heterocycles. The standard InChI is InChI=1S/C22H26ClNS/c1-21(2)17-11-12-22(3,25-16-7-5-4-6-8-16)14-20(17)24-19-10-9-15(23)13-18(19)21/h4-10,13,17,20,24H,11-12,14H2,1-3H3/t17-,20+,22+/m1/s1. The van der Waals surface area contributed by atoms with Gasteiger partial charge >= 0.3 is 0 Å². The van der Waals surface area contributed by atoms with E-state index in [9.17, 15) is 0 Å². The fourth-order valence-electron chi connectivity index (χ4n) is 4.83. The van der Waals surface area contributed by atoms with Gasteiger partial charge < -0.3 is 5.32 Å². The zero-order valence-electron chi connectivity index (χ0n) is 15.2. The van der Waals surface area contributed by atoms with Crippen LogP contribution in [0.1, 0.15) is 45.6 Å². The maximum atomic E-state index is 6.28. The third-order valence-electron chi connectivity index (χ3n) is 6.17. The number of hydrogen-bond donors (Lipinski definition) is 1. The average Bonchev–Trinajstić information content (AvgIpc) is 2.56. The first kappa shape index (κ1) is 17.3. The molecule has 1 aliphatic carbocycles. The first-order chi connectivity index (χ1) is 11.9. The van der Waals surface area contributed by atoms with Crippen molar-refractivity contribution in [2.45, 2.75) is 61.1 Å². The maximum absolute atomic E-state index is 6.28. The predicted octanol–water partition coefficient (Wildman–Crippen LogP) is 6.76. The molecule has 0 spiro atoms. The van der Waals surface area contributed by atoms with Crippen molar-refractivity contribution < 1.29 is 0 Å². The first-order valence-electron chi connectivity index (χ1n) is 9.18. The first-order valence-corrected chi connectivity index (χ1v) is 10.4. The van der Waals surface area contributed by atoms with E-state index in [1.54, 1.807) is 0 Å². The minimum absolute atomic E-state index is 0.162. The second kappa shape index (κ2) is 6.25. The lowest BCUT2D eigenvalue weighted by atomic mass is 9.61. The van der Waals surface area contributed by atoms with Crippen LogP contribution in [0.5, 0.6) is 0 Å². The lowest BCUT2D eigenvalue weighted by Crippen LogP contribution is -2.52. The second-order valence-electron chi connectivity index (χ2n) is 8.38. The molecule has 2 aliphatic rings. The second-order valence-corrected chi connectivity index (χ2v) is 10.5. The van der Waals surface area contributed by atoms with E-state index in [0.717, 1.165) is 5.02 Å². The van der Waals surface area contributed by atoms with Crippen molar-refractivity contribution >= 4 is 29.1 Å². The summed E-state index contributed by atoms with van der Waals surface area (Å²) in [5.74, 6) is 0.655. The number of thioether (sulfide) groups is 1. The van der Waals surface area contributed by atoms with E-state index in [2.05, 4.69) is 68.6 Å². The van der Waals surface area contributed by atoms with E-state index < -0.39 is 0 Å². The normalized spacial score (nSPS) is 30.1. The van der Waals surface area contributed by atoms with Crippen molar-refractivity contribution in [3.05, 3.63) is 59.1 Å². The number of rotatable bonds is 2. The largest absolute Gasteiger partial charge is 0.382 e. The van der Waals surface area contributed by atoms with Crippen LogP contribution in [0.4, 0.5) is 5.69 Å². The highest BCUT2D eigenvalue weighted by molar-refractivity contribution is 8.00. The quantitative estimate of drug-likeness (QED) is 0.625. The molecule has 1 aliphatic heterocycles. The molecule has 1 nitrogen and oxygen atoms in total. The average molecular weight is 372 g/mol. The smallest absolute Gasteiger partial charge is 0.0410 e. The van der Waals surface area contributed by atoms with Crippen molar-refractivity contribution in [2.75, 3.05) is 5.32 Å². The summed E-state index contributed by atoms with van der Waals surface area (Å²) in [7, 11) is 0. The van der Waals surface area contributed by atoms with E-state index >= 15 is 0 Å². The molecule has 1 fully saturated rings. The topological polar surface area (TPSA) is 12.0 Å². The molecular weight excluding hydrogens is 346 g/mol. The molecule has 1 N–H and O–H groups in total. The van der Waals surface area contributed by atoms with Crippen LogP contribution < -0.4 is 5.32 Å². The Hall–Kier alpha value is -1.12. The van der Waals surface area contributed by atoms with Gasteiger partial charge in [-0.15, -0.1) is 11.8 Å². The van der Waals surface area contributed by atoms with Gasteiger partial charge in [0.25, 0.3) is 0 Å². The molecule has 0 bridgehead atoms. The van der Waals surface area contributed by atoms with Crippen LogP contribution in [0, 0.1) is 5.92 Å². The van der Waals surface area contributed by atoms with Crippen molar-refractivity contribution in [1.29, 1.82) is 0 Å². The molecule has 0 radical (unpaired) electrons. The molecule has 1 heterocycles. The van der Waals surface area contributed by atoms with Gasteiger partial charge in [-0.3, -0.25) is 0 Å². The minimum Gasteiger partial charge on any atom is -0.382 e. The number of anilines is 1. The van der Waals surface area contributed by atoms with Gasteiger partial charge in [-0.1, -0.05) is 50.6 Å². The summed E-state index contributed by atoms with van der Waals surface area (Å²) in [5.41, 5.74) is 2.81. The SMILES string of the molecule is CC1(C)c2cc(Cl)ccc2N[C@H]2C[C@@](C)(Sc3ccccc3)CC[C@H]21. The summed E-state index contributed by atoms with van der Waals surface area (Å²) in [6.07, 6.45) is 3.71. The van der Waals surface area contributed by atoms with E-state index in [4.69, 9.17) is 11.6 Å². The van der Waals surface area contributed by atoms with E-state index in [1.165, 1.54) is 35.4 Å². The van der Waals surface area contributed by atoms with Gasteiger partial charge in [0, 0.05) is 26.4 Å². The maximum Gasteiger partial charge on any atom is 0.0410 e. The third-order valence-corrected chi connectivity index (χ3v) is 7.78. The number of hydrogen-bond acceptors (Lipinski definition) is 2. The Morgan fingerprint density at radius 2 is 1.84 bits per heavy atom. The Bertz CT molecular complexity index is 773. The fourth-order valence-corrected chi connectivity index (χ4v) is 6.34. The fraction of sp³-hybridized carbons (Fsp3) is 0.455. The van der Waals surface area contributed by atoms with E-state index in [0.29, 0.717) is 12.0 Å². The van der Waals surface area contributed by atoms with Gasteiger partial charge in [0.2, 0.25) is 0 Å². The molecule has 2 aromatic rings. The van der Waals surface area contributed by atoms with Crippen molar-refractivity contribution in [2.24, 2.45) is 5.92 Å². The Kier molecular flexibility index (Phi) is 4.32. The molecule has 132 valence electrons. The van der Waals surface area contributed by atoms with Crippen LogP contribution in [-0.2, 0) is 5.41 Å². The Morgan fingerprint density at radius 3 is 2.60 bits per heavy atom. The van der Waals surface area contributed by atoms with Gasteiger partial charge in [0.15, 0.2) is 0 Å². The highest BCUT2D eigenvalue weighted by Crippen LogP contribution is 2.54. The highest BCUT2D eigenvalue weighted by atomic mass is 35.5. The van der Waals surface area contributed by atoms with Gasteiger partial charge in [-0.2, -0.15) is 0 Å². The summed E-state index contributed by atoms with van der Waals surface area (Å²) >= 11 is 8.33. The van der Waals surface area contributed by atoms with Crippen LogP contribution in [0.15, 0.2) is 53.4 Å². The molecule has 25 heavy (non-hydrogen) atoms. The number of benzene rings is 2. The van der Waals surface area contributed by atoms with Crippen LogP contribution in [0.25, 0.3) is 0 Å². The zero-order chi connectivity index (χ0) is 17.7. The van der Waals surface area contributed by atoms with Crippen LogP contribution in [0.2, 0.25) is 5.02 Å². The highest BCUT2D eigenvalue weighted by Gasteiger charge is 2.48. The summed E-state index contributed by atoms with van der Waals surface area (Å²) in [6, 6.07) is 17.7.